The summed E-state index contributed by atoms with van der Waals surface area (Å²) in [5, 5.41) is 1.04. The van der Waals surface area contributed by atoms with Gasteiger partial charge in [-0.2, -0.15) is 0 Å². The molecular weight excluding hydrogens is 384 g/mol. The van der Waals surface area contributed by atoms with Crippen LogP contribution in [0, 0.1) is 6.92 Å². The van der Waals surface area contributed by atoms with Crippen LogP contribution in [0.1, 0.15) is 22.8 Å². The predicted octanol–water partition coefficient (Wildman–Crippen LogP) is 5.43. The summed E-state index contributed by atoms with van der Waals surface area (Å²) in [5.41, 5.74) is 12.3. The topological polar surface area (TPSA) is 66.0 Å². The summed E-state index contributed by atoms with van der Waals surface area (Å²) in [7, 11) is 0. The van der Waals surface area contributed by atoms with E-state index in [0.717, 1.165) is 33.1 Å². The van der Waals surface area contributed by atoms with E-state index in [1.807, 2.05) is 42.7 Å². The predicted molar refractivity (Wildman–Crippen MR) is 125 cm³/mol. The molecule has 5 rings (SSSR count). The number of rotatable bonds is 6. The maximum absolute atomic E-state index is 6.42. The third-order valence-electron chi connectivity index (χ3n) is 5.59. The number of pyridine rings is 1. The molecule has 154 valence electrons. The van der Waals surface area contributed by atoms with Crippen molar-refractivity contribution in [2.24, 2.45) is 0 Å². The van der Waals surface area contributed by atoms with Crippen LogP contribution in [0.25, 0.3) is 21.9 Å². The van der Waals surface area contributed by atoms with Gasteiger partial charge in [0.1, 0.15) is 11.6 Å². The van der Waals surface area contributed by atoms with Gasteiger partial charge in [0.2, 0.25) is 0 Å². The first-order chi connectivity index (χ1) is 15.2. The lowest BCUT2D eigenvalue weighted by atomic mass is 10.1. The molecule has 3 aromatic carbocycles. The molecule has 1 unspecified atom stereocenters. The third-order valence-corrected chi connectivity index (χ3v) is 5.59. The van der Waals surface area contributed by atoms with Crippen molar-refractivity contribution in [2.75, 3.05) is 5.73 Å². The first kappa shape index (κ1) is 19.3. The van der Waals surface area contributed by atoms with Crippen LogP contribution in [0.15, 0.2) is 85.2 Å². The smallest absolute Gasteiger partial charge is 0.152 e. The van der Waals surface area contributed by atoms with Gasteiger partial charge in [-0.1, -0.05) is 78.4 Å². The van der Waals surface area contributed by atoms with Gasteiger partial charge >= 0.3 is 0 Å². The number of ether oxygens (including phenoxy) is 1. The van der Waals surface area contributed by atoms with E-state index in [1.165, 1.54) is 5.56 Å². The fraction of sp³-hybridized carbons (Fsp3) is 0.154. The Morgan fingerprint density at radius 3 is 2.48 bits per heavy atom. The summed E-state index contributed by atoms with van der Waals surface area (Å²) < 4.78 is 8.55. The van der Waals surface area contributed by atoms with E-state index in [0.29, 0.717) is 19.0 Å². The molecule has 5 nitrogen and oxygen atoms in total. The number of hydrogen-bond acceptors (Lipinski definition) is 4. The zero-order chi connectivity index (χ0) is 21.2. The highest BCUT2D eigenvalue weighted by Crippen LogP contribution is 2.29. The van der Waals surface area contributed by atoms with Crippen molar-refractivity contribution >= 4 is 27.8 Å². The van der Waals surface area contributed by atoms with E-state index in [-0.39, 0.29) is 6.10 Å². The van der Waals surface area contributed by atoms with E-state index >= 15 is 0 Å². The van der Waals surface area contributed by atoms with Gasteiger partial charge < -0.3 is 15.0 Å². The van der Waals surface area contributed by atoms with Crippen LogP contribution >= 0.6 is 0 Å². The highest BCUT2D eigenvalue weighted by Gasteiger charge is 2.18. The quantitative estimate of drug-likeness (QED) is 0.407. The van der Waals surface area contributed by atoms with Crippen molar-refractivity contribution < 1.29 is 4.74 Å². The van der Waals surface area contributed by atoms with Crippen LogP contribution in [0.5, 0.6) is 0 Å². The minimum Gasteiger partial charge on any atom is -0.382 e. The van der Waals surface area contributed by atoms with Crippen molar-refractivity contribution in [3.63, 3.8) is 0 Å². The number of aryl methyl sites for hydroxylation is 1. The van der Waals surface area contributed by atoms with Crippen LogP contribution in [0.2, 0.25) is 0 Å². The van der Waals surface area contributed by atoms with Crippen molar-refractivity contribution in [1.29, 1.82) is 0 Å². The molecule has 2 N–H and O–H groups in total. The lowest BCUT2D eigenvalue weighted by Crippen LogP contribution is -2.12. The Kier molecular flexibility index (Phi) is 5.10. The fourth-order valence-electron chi connectivity index (χ4n) is 3.93. The van der Waals surface area contributed by atoms with Crippen LogP contribution < -0.4 is 5.73 Å². The Morgan fingerprint density at radius 1 is 0.935 bits per heavy atom. The standard InChI is InChI=1S/C26H24N4O/c1-18-11-13-19(14-12-18)16-31-23(20-7-3-2-4-8-20)15-30-17-28-24-25(30)21-9-5-6-10-22(21)29-26(24)27/h2-14,17,23H,15-16H2,1H3,(H2,27,29). The average molecular weight is 409 g/mol. The average Bonchev–Trinajstić information content (AvgIpc) is 3.23. The number of anilines is 1. The highest BCUT2D eigenvalue weighted by atomic mass is 16.5. The molecule has 0 spiro atoms. The van der Waals surface area contributed by atoms with E-state index < -0.39 is 0 Å². The molecule has 1 atom stereocenters. The Balaban J connectivity index is 1.52. The molecule has 0 saturated carbocycles. The minimum absolute atomic E-state index is 0.131. The molecule has 0 amide bonds. The number of hydrogen-bond donors (Lipinski definition) is 1. The molecule has 0 aliphatic rings. The second-order valence-electron chi connectivity index (χ2n) is 7.80. The summed E-state index contributed by atoms with van der Waals surface area (Å²) >= 11 is 0. The maximum Gasteiger partial charge on any atom is 0.152 e. The lowest BCUT2D eigenvalue weighted by Gasteiger charge is -2.20. The van der Waals surface area contributed by atoms with Gasteiger partial charge in [0.25, 0.3) is 0 Å². The summed E-state index contributed by atoms with van der Waals surface area (Å²) in [6.07, 6.45) is 1.70. The molecule has 0 aliphatic heterocycles. The second kappa shape index (κ2) is 8.20. The molecule has 0 bridgehead atoms. The summed E-state index contributed by atoms with van der Waals surface area (Å²) in [4.78, 5) is 9.07. The maximum atomic E-state index is 6.42. The molecule has 2 heterocycles. The largest absolute Gasteiger partial charge is 0.382 e. The summed E-state index contributed by atoms with van der Waals surface area (Å²) in [5.74, 6) is 0.448. The van der Waals surface area contributed by atoms with Crippen LogP contribution in [-0.4, -0.2) is 14.5 Å². The first-order valence-corrected chi connectivity index (χ1v) is 10.4. The molecule has 5 aromatic rings. The fourth-order valence-corrected chi connectivity index (χ4v) is 3.93. The third kappa shape index (κ3) is 3.88. The van der Waals surface area contributed by atoms with Gasteiger partial charge in [-0.05, 0) is 24.1 Å². The Hall–Kier alpha value is -3.70. The Bertz CT molecular complexity index is 1330. The minimum atomic E-state index is -0.131. The number of imidazole rings is 1. The molecule has 5 heteroatoms. The number of fused-ring (bicyclic) bond motifs is 3. The number of nitrogens with zero attached hydrogens (tertiary/aromatic N) is 3. The zero-order valence-corrected chi connectivity index (χ0v) is 17.4. The molecule has 0 aliphatic carbocycles. The van der Waals surface area contributed by atoms with Gasteiger partial charge in [0.05, 0.1) is 30.5 Å². The second-order valence-corrected chi connectivity index (χ2v) is 7.80. The number of benzene rings is 3. The van der Waals surface area contributed by atoms with Crippen LogP contribution in [0.3, 0.4) is 0 Å². The molecule has 0 radical (unpaired) electrons. The van der Waals surface area contributed by atoms with Crippen molar-refractivity contribution in [3.05, 3.63) is 102 Å². The molecule has 31 heavy (non-hydrogen) atoms. The molecular formula is C26H24N4O. The summed E-state index contributed by atoms with van der Waals surface area (Å²) in [6, 6.07) is 26.8. The molecule has 0 saturated heterocycles. The van der Waals surface area contributed by atoms with Gasteiger partial charge in [-0.3, -0.25) is 0 Å². The number of para-hydroxylation sites is 1. The van der Waals surface area contributed by atoms with Crippen molar-refractivity contribution in [2.45, 2.75) is 26.2 Å². The molecule has 0 fully saturated rings. The van der Waals surface area contributed by atoms with E-state index in [2.05, 4.69) is 63.9 Å². The zero-order valence-electron chi connectivity index (χ0n) is 17.4. The monoisotopic (exact) mass is 408 g/mol. The SMILES string of the molecule is Cc1ccc(COC(Cn2cnc3c(N)nc4ccccc4c32)c2ccccc2)cc1. The van der Waals surface area contributed by atoms with E-state index in [1.54, 1.807) is 0 Å². The highest BCUT2D eigenvalue weighted by molar-refractivity contribution is 6.06. The lowest BCUT2D eigenvalue weighted by molar-refractivity contribution is 0.0287. The number of nitrogens with two attached hydrogens (primary N) is 1. The van der Waals surface area contributed by atoms with Gasteiger partial charge in [-0.25, -0.2) is 9.97 Å². The Morgan fingerprint density at radius 2 is 1.68 bits per heavy atom. The van der Waals surface area contributed by atoms with E-state index in [9.17, 15) is 0 Å². The van der Waals surface area contributed by atoms with Gasteiger partial charge in [0.15, 0.2) is 5.82 Å². The summed E-state index contributed by atoms with van der Waals surface area (Å²) in [6.45, 7) is 3.25. The van der Waals surface area contributed by atoms with Gasteiger partial charge in [0, 0.05) is 5.39 Å². The van der Waals surface area contributed by atoms with Gasteiger partial charge in [-0.15, -0.1) is 0 Å². The number of aromatic nitrogens is 3. The van der Waals surface area contributed by atoms with Crippen LogP contribution in [-0.2, 0) is 17.9 Å². The van der Waals surface area contributed by atoms with Crippen molar-refractivity contribution in [3.8, 4) is 0 Å². The van der Waals surface area contributed by atoms with E-state index in [4.69, 9.17) is 10.5 Å². The molecule has 2 aromatic heterocycles. The number of nitrogen functional groups attached to an aromatic ring is 1. The normalized spacial score (nSPS) is 12.4. The first-order valence-electron chi connectivity index (χ1n) is 10.4. The van der Waals surface area contributed by atoms with Crippen LogP contribution in [0.4, 0.5) is 5.82 Å². The van der Waals surface area contributed by atoms with Crippen molar-refractivity contribution in [1.82, 2.24) is 14.5 Å². The Labute approximate surface area is 181 Å².